The highest BCUT2D eigenvalue weighted by Crippen LogP contribution is 2.45. The van der Waals surface area contributed by atoms with Crippen molar-refractivity contribution >= 4 is 39.5 Å². The van der Waals surface area contributed by atoms with Crippen LogP contribution < -0.4 is 0 Å². The van der Waals surface area contributed by atoms with E-state index in [4.69, 9.17) is 37.0 Å². The summed E-state index contributed by atoms with van der Waals surface area (Å²) in [5.74, 6) is 0.847. The van der Waals surface area contributed by atoms with Crippen molar-refractivity contribution in [1.82, 2.24) is 0 Å². The van der Waals surface area contributed by atoms with Crippen LogP contribution in [0.5, 0.6) is 0 Å². The molecule has 0 radical (unpaired) electrons. The molecule has 3 N–H and O–H groups in total. The zero-order valence-corrected chi connectivity index (χ0v) is 62.0. The molecule has 0 aliphatic carbocycles. The van der Waals surface area contributed by atoms with Crippen molar-refractivity contribution in [3.05, 3.63) is 0 Å². The van der Waals surface area contributed by atoms with E-state index in [0.717, 1.165) is 108 Å². The van der Waals surface area contributed by atoms with Crippen LogP contribution in [0.3, 0.4) is 0 Å². The van der Waals surface area contributed by atoms with E-state index < -0.39 is 97.5 Å². The van der Waals surface area contributed by atoms with Crippen LogP contribution in [-0.4, -0.2) is 96.7 Å². The van der Waals surface area contributed by atoms with Gasteiger partial charge < -0.3 is 33.8 Å². The summed E-state index contributed by atoms with van der Waals surface area (Å²) in [4.78, 5) is 72.6. The van der Waals surface area contributed by atoms with Gasteiger partial charge in [-0.15, -0.1) is 0 Å². The number of carbonyl (C=O) groups excluding carboxylic acids is 4. The number of aliphatic hydroxyl groups excluding tert-OH is 1. The minimum absolute atomic E-state index is 0.103. The second-order valence-electron chi connectivity index (χ2n) is 28.2. The summed E-state index contributed by atoms with van der Waals surface area (Å²) >= 11 is 0. The van der Waals surface area contributed by atoms with E-state index in [1.165, 1.54) is 161 Å². The topological polar surface area (TPSA) is 237 Å². The molecule has 0 aromatic carbocycles. The van der Waals surface area contributed by atoms with Gasteiger partial charge in [-0.25, -0.2) is 9.13 Å². The number of unbranched alkanes of at least 4 members (excludes halogenated alkanes) is 36. The van der Waals surface area contributed by atoms with Crippen molar-refractivity contribution in [3.8, 4) is 0 Å². The number of phosphoric acid groups is 2. The molecular weight excluding hydrogens is 1210 g/mol. The molecule has 19 heteroatoms. The van der Waals surface area contributed by atoms with Gasteiger partial charge in [0.1, 0.15) is 19.3 Å². The Morgan fingerprint density at radius 2 is 0.457 bits per heavy atom. The first-order chi connectivity index (χ1) is 44.1. The molecule has 0 aliphatic heterocycles. The molecule has 92 heavy (non-hydrogen) atoms. The molecule has 0 bridgehead atoms. The molecule has 5 atom stereocenters. The first-order valence-electron chi connectivity index (χ1n) is 37.7. The van der Waals surface area contributed by atoms with Gasteiger partial charge in [0.15, 0.2) is 12.2 Å². The van der Waals surface area contributed by atoms with E-state index in [2.05, 4.69) is 55.4 Å². The third kappa shape index (κ3) is 66.7. The third-order valence-electron chi connectivity index (χ3n) is 16.8. The summed E-state index contributed by atoms with van der Waals surface area (Å²) in [7, 11) is -9.91. The zero-order chi connectivity index (χ0) is 68.2. The molecule has 546 valence electrons. The maximum atomic E-state index is 13.0. The molecule has 17 nitrogen and oxygen atoms in total. The van der Waals surface area contributed by atoms with Gasteiger partial charge in [0.25, 0.3) is 0 Å². The fraction of sp³-hybridized carbons (Fsp3) is 0.945. The van der Waals surface area contributed by atoms with E-state index in [0.29, 0.717) is 37.5 Å². The van der Waals surface area contributed by atoms with Gasteiger partial charge in [0.2, 0.25) is 0 Å². The van der Waals surface area contributed by atoms with Gasteiger partial charge in [-0.2, -0.15) is 0 Å². The molecule has 0 heterocycles. The lowest BCUT2D eigenvalue weighted by Crippen LogP contribution is -2.30. The number of phosphoric ester groups is 2. The molecule has 0 aromatic rings. The number of aliphatic hydroxyl groups is 1. The van der Waals surface area contributed by atoms with Gasteiger partial charge in [0, 0.05) is 25.7 Å². The molecule has 3 unspecified atom stereocenters. The highest BCUT2D eigenvalue weighted by Gasteiger charge is 2.30. The monoisotopic (exact) mass is 1350 g/mol. The largest absolute Gasteiger partial charge is 0.472 e. The van der Waals surface area contributed by atoms with Crippen LogP contribution in [0.1, 0.15) is 364 Å². The predicted octanol–water partition coefficient (Wildman–Crippen LogP) is 20.9. The van der Waals surface area contributed by atoms with Crippen LogP contribution in [0, 0.1) is 23.7 Å². The van der Waals surface area contributed by atoms with Gasteiger partial charge >= 0.3 is 39.5 Å². The molecule has 0 amide bonds. The lowest BCUT2D eigenvalue weighted by molar-refractivity contribution is -0.161. The Morgan fingerprint density at radius 1 is 0.272 bits per heavy atom. The average Bonchev–Trinajstić information content (AvgIpc) is 2.28. The second-order valence-corrected chi connectivity index (χ2v) is 31.1. The van der Waals surface area contributed by atoms with E-state index in [1.54, 1.807) is 0 Å². The van der Waals surface area contributed by atoms with Crippen LogP contribution in [0.25, 0.3) is 0 Å². The number of hydrogen-bond donors (Lipinski definition) is 3. The summed E-state index contributed by atoms with van der Waals surface area (Å²) in [6.07, 6.45) is 46.0. The maximum absolute atomic E-state index is 13.0. The first-order valence-corrected chi connectivity index (χ1v) is 40.7. The summed E-state index contributed by atoms with van der Waals surface area (Å²) in [6, 6.07) is 0. The molecule has 0 fully saturated rings. The Balaban J connectivity index is 5.20. The molecule has 0 aromatic heterocycles. The van der Waals surface area contributed by atoms with Crippen molar-refractivity contribution < 1.29 is 80.2 Å². The number of hydrogen-bond acceptors (Lipinski definition) is 15. The molecular formula is C73H142O17P2. The Morgan fingerprint density at radius 3 is 0.674 bits per heavy atom. The number of ether oxygens (including phenoxy) is 4. The smallest absolute Gasteiger partial charge is 0.462 e. The summed E-state index contributed by atoms with van der Waals surface area (Å²) in [5, 5.41) is 10.6. The average molecular weight is 1350 g/mol. The summed E-state index contributed by atoms with van der Waals surface area (Å²) in [6.45, 7) is 14.1. The number of esters is 4. The van der Waals surface area contributed by atoms with Crippen LogP contribution in [0.4, 0.5) is 0 Å². The summed E-state index contributed by atoms with van der Waals surface area (Å²) < 4.78 is 68.4. The maximum Gasteiger partial charge on any atom is 0.472 e. The normalized spacial score (nSPS) is 14.2. The predicted molar refractivity (Wildman–Crippen MR) is 372 cm³/mol. The number of carbonyl (C=O) groups is 4. The zero-order valence-electron chi connectivity index (χ0n) is 60.2. The van der Waals surface area contributed by atoms with Crippen molar-refractivity contribution in [3.63, 3.8) is 0 Å². The van der Waals surface area contributed by atoms with Gasteiger partial charge in [-0.3, -0.25) is 37.3 Å². The SMILES string of the molecule is CC(C)CCCCCCCCCCCCCCCCCC(=O)O[C@H](COC(=O)CCCCCCCCCC(C)C)COP(=O)(O)OCC(O)COP(=O)(O)OC[C@@H](COC(=O)CCCCCCCCCCCCCC(C)C)OC(=O)CCCCCCCCCC(C)C. The van der Waals surface area contributed by atoms with E-state index in [-0.39, 0.29) is 25.7 Å². The van der Waals surface area contributed by atoms with Gasteiger partial charge in [-0.1, -0.05) is 312 Å². The van der Waals surface area contributed by atoms with E-state index in [9.17, 15) is 43.2 Å². The Kier molecular flexibility index (Phi) is 61.3. The summed E-state index contributed by atoms with van der Waals surface area (Å²) in [5.41, 5.74) is 0. The highest BCUT2D eigenvalue weighted by molar-refractivity contribution is 7.47. The Labute approximate surface area is 562 Å². The van der Waals surface area contributed by atoms with Gasteiger partial charge in [-0.05, 0) is 49.4 Å². The first kappa shape index (κ1) is 90.1. The highest BCUT2D eigenvalue weighted by atomic mass is 31.2. The van der Waals surface area contributed by atoms with Crippen molar-refractivity contribution in [2.45, 2.75) is 382 Å². The van der Waals surface area contributed by atoms with E-state index in [1.807, 2.05) is 0 Å². The molecule has 0 spiro atoms. The number of rotatable bonds is 70. The van der Waals surface area contributed by atoms with Crippen LogP contribution in [0.2, 0.25) is 0 Å². The Bertz CT molecular complexity index is 1820. The molecule has 0 saturated carbocycles. The van der Waals surface area contributed by atoms with Gasteiger partial charge in [0.05, 0.1) is 26.4 Å². The molecule has 0 rings (SSSR count). The minimum Gasteiger partial charge on any atom is -0.462 e. The van der Waals surface area contributed by atoms with Crippen molar-refractivity contribution in [1.29, 1.82) is 0 Å². The van der Waals surface area contributed by atoms with Crippen molar-refractivity contribution in [2.24, 2.45) is 23.7 Å². The quantitative estimate of drug-likeness (QED) is 0.0222. The lowest BCUT2D eigenvalue weighted by Gasteiger charge is -2.21. The van der Waals surface area contributed by atoms with Crippen LogP contribution in [-0.2, 0) is 65.4 Å². The standard InChI is InChI=1S/C73H142O17P2/c1-63(2)49-41-33-25-19-15-12-10-9-11-13-17-22-30-39-47-55-72(77)89-68(60-84-71(76)54-46-38-31-23-27-35-43-51-65(5)6)61-87-91(79,80)85-57-67(74)58-86-92(81,82)88-62-69(90-73(78)56-48-40-32-24-28-36-44-52-66(7)8)59-83-70(75)53-45-37-29-21-18-14-16-20-26-34-42-50-64(3)4/h63-69,74H,9-62H2,1-8H3,(H,79,80)(H,81,82)/t67?,68-,69-/m1/s1. The van der Waals surface area contributed by atoms with Crippen LogP contribution >= 0.6 is 15.6 Å². The fourth-order valence-corrected chi connectivity index (χ4v) is 12.6. The Hall–Kier alpha value is -1.94. The van der Waals surface area contributed by atoms with E-state index >= 15 is 0 Å². The second kappa shape index (κ2) is 62.6. The lowest BCUT2D eigenvalue weighted by atomic mass is 10.0. The van der Waals surface area contributed by atoms with Crippen LogP contribution in [0.15, 0.2) is 0 Å². The third-order valence-corrected chi connectivity index (χ3v) is 18.7. The van der Waals surface area contributed by atoms with Crippen molar-refractivity contribution in [2.75, 3.05) is 39.6 Å². The fourth-order valence-electron chi connectivity index (χ4n) is 11.0. The minimum atomic E-state index is -4.95. The molecule has 0 saturated heterocycles. The molecule has 0 aliphatic rings.